The summed E-state index contributed by atoms with van der Waals surface area (Å²) >= 11 is 0. The minimum absolute atomic E-state index is 0. The fourth-order valence-corrected chi connectivity index (χ4v) is 3.47. The van der Waals surface area contributed by atoms with Crippen LogP contribution in [-0.2, 0) is 4.79 Å². The molecule has 0 bridgehead atoms. The quantitative estimate of drug-likeness (QED) is 0.854. The second-order valence-electron chi connectivity index (χ2n) is 7.00. The maximum Gasteiger partial charge on any atom is 0.220 e. The van der Waals surface area contributed by atoms with Gasteiger partial charge in [0.05, 0.1) is 6.04 Å². The molecule has 2 N–H and O–H groups in total. The van der Waals surface area contributed by atoms with Crippen molar-refractivity contribution in [2.45, 2.75) is 53.0 Å². The first kappa shape index (κ1) is 20.0. The zero-order valence-corrected chi connectivity index (χ0v) is 15.6. The summed E-state index contributed by atoms with van der Waals surface area (Å²) in [5, 5.41) is 6.60. The Kier molecular flexibility index (Phi) is 8.07. The van der Waals surface area contributed by atoms with E-state index in [9.17, 15) is 4.79 Å². The summed E-state index contributed by atoms with van der Waals surface area (Å²) in [7, 11) is 0. The lowest BCUT2D eigenvalue weighted by Gasteiger charge is -2.28. The van der Waals surface area contributed by atoms with Gasteiger partial charge in [0.1, 0.15) is 0 Å². The van der Waals surface area contributed by atoms with Gasteiger partial charge in [0.25, 0.3) is 0 Å². The number of amides is 1. The van der Waals surface area contributed by atoms with Crippen molar-refractivity contribution in [3.05, 3.63) is 34.9 Å². The minimum Gasteiger partial charge on any atom is -0.350 e. The lowest BCUT2D eigenvalue weighted by Crippen LogP contribution is -2.36. The van der Waals surface area contributed by atoms with Crippen LogP contribution in [0.25, 0.3) is 0 Å². The van der Waals surface area contributed by atoms with Gasteiger partial charge >= 0.3 is 0 Å². The van der Waals surface area contributed by atoms with Crippen LogP contribution in [0.1, 0.15) is 55.8 Å². The van der Waals surface area contributed by atoms with Gasteiger partial charge in [-0.1, -0.05) is 36.2 Å². The average Bonchev–Trinajstić information content (AvgIpc) is 2.47. The Labute approximate surface area is 147 Å². The summed E-state index contributed by atoms with van der Waals surface area (Å²) < 4.78 is 0. The molecular formula is C19H31ClN2O. The molecule has 1 fully saturated rings. The van der Waals surface area contributed by atoms with Crippen molar-refractivity contribution in [2.24, 2.45) is 11.8 Å². The number of nitrogens with one attached hydrogen (secondary N) is 2. The summed E-state index contributed by atoms with van der Waals surface area (Å²) in [5.74, 6) is 1.25. The van der Waals surface area contributed by atoms with Crippen LogP contribution in [0, 0.1) is 25.7 Å². The average molecular weight is 339 g/mol. The summed E-state index contributed by atoms with van der Waals surface area (Å²) in [6, 6.07) is 6.55. The van der Waals surface area contributed by atoms with Gasteiger partial charge in [0.2, 0.25) is 5.91 Å². The molecule has 3 unspecified atom stereocenters. The number of hydrogen-bond acceptors (Lipinski definition) is 2. The molecule has 2 rings (SSSR count). The van der Waals surface area contributed by atoms with E-state index >= 15 is 0 Å². The highest BCUT2D eigenvalue weighted by Crippen LogP contribution is 2.23. The molecule has 23 heavy (non-hydrogen) atoms. The highest BCUT2D eigenvalue weighted by atomic mass is 35.5. The number of hydrogen-bond donors (Lipinski definition) is 2. The predicted octanol–water partition coefficient (Wildman–Crippen LogP) is 3.93. The number of carbonyl (C=O) groups is 1. The number of carbonyl (C=O) groups excluding carboxylic acids is 1. The maximum absolute atomic E-state index is 12.3. The molecular weight excluding hydrogens is 308 g/mol. The Morgan fingerprint density at radius 3 is 2.48 bits per heavy atom. The zero-order valence-electron chi connectivity index (χ0n) is 14.8. The summed E-state index contributed by atoms with van der Waals surface area (Å²) in [4.78, 5) is 12.3. The van der Waals surface area contributed by atoms with Gasteiger partial charge < -0.3 is 10.6 Å². The van der Waals surface area contributed by atoms with Crippen LogP contribution in [0.4, 0.5) is 0 Å². The van der Waals surface area contributed by atoms with Crippen LogP contribution in [0.3, 0.4) is 0 Å². The summed E-state index contributed by atoms with van der Waals surface area (Å²) in [5.41, 5.74) is 3.69. The number of aryl methyl sites for hydroxylation is 2. The van der Waals surface area contributed by atoms with Crippen LogP contribution in [-0.4, -0.2) is 19.0 Å². The molecule has 0 radical (unpaired) electrons. The smallest absolute Gasteiger partial charge is 0.220 e. The van der Waals surface area contributed by atoms with Crippen LogP contribution in [0.5, 0.6) is 0 Å². The molecule has 1 aromatic rings. The van der Waals surface area contributed by atoms with Crippen molar-refractivity contribution in [1.82, 2.24) is 10.6 Å². The number of piperidine rings is 1. The van der Waals surface area contributed by atoms with E-state index in [1.165, 1.54) is 29.5 Å². The minimum atomic E-state index is 0. The van der Waals surface area contributed by atoms with Gasteiger partial charge in [-0.25, -0.2) is 0 Å². The Balaban J connectivity index is 0.00000264. The van der Waals surface area contributed by atoms with Gasteiger partial charge in [-0.2, -0.15) is 0 Å². The molecule has 1 aliphatic rings. The van der Waals surface area contributed by atoms with E-state index in [-0.39, 0.29) is 24.4 Å². The van der Waals surface area contributed by atoms with Crippen molar-refractivity contribution in [2.75, 3.05) is 13.1 Å². The lowest BCUT2D eigenvalue weighted by atomic mass is 9.85. The molecule has 1 aliphatic heterocycles. The summed E-state index contributed by atoms with van der Waals surface area (Å²) in [6.45, 7) is 10.7. The molecule has 1 amide bonds. The molecule has 1 saturated heterocycles. The Morgan fingerprint density at radius 1 is 1.26 bits per heavy atom. The van der Waals surface area contributed by atoms with E-state index in [0.29, 0.717) is 18.3 Å². The molecule has 3 atom stereocenters. The zero-order chi connectivity index (χ0) is 16.1. The third kappa shape index (κ3) is 6.15. The fourth-order valence-electron chi connectivity index (χ4n) is 3.47. The standard InChI is InChI=1S/C19H30N2O.ClH/c1-13-8-14(2)10-18(9-13)16(4)21-19(22)11-15(3)17-6-5-7-20-12-17;/h8-10,15-17,20H,5-7,11-12H2,1-4H3,(H,21,22);1H. The molecule has 130 valence electrons. The van der Waals surface area contributed by atoms with Crippen LogP contribution in [0.15, 0.2) is 18.2 Å². The van der Waals surface area contributed by atoms with E-state index in [0.717, 1.165) is 13.1 Å². The largest absolute Gasteiger partial charge is 0.350 e. The highest BCUT2D eigenvalue weighted by molar-refractivity contribution is 5.85. The van der Waals surface area contributed by atoms with E-state index in [4.69, 9.17) is 0 Å². The molecule has 0 saturated carbocycles. The van der Waals surface area contributed by atoms with Gasteiger partial charge in [-0.05, 0) is 64.1 Å². The topological polar surface area (TPSA) is 41.1 Å². The van der Waals surface area contributed by atoms with E-state index in [1.54, 1.807) is 0 Å². The van der Waals surface area contributed by atoms with E-state index < -0.39 is 0 Å². The van der Waals surface area contributed by atoms with E-state index in [1.807, 2.05) is 0 Å². The highest BCUT2D eigenvalue weighted by Gasteiger charge is 2.22. The first-order valence-electron chi connectivity index (χ1n) is 8.54. The number of rotatable bonds is 5. The third-order valence-corrected chi connectivity index (χ3v) is 4.77. The first-order chi connectivity index (χ1) is 10.5. The molecule has 0 spiro atoms. The third-order valence-electron chi connectivity index (χ3n) is 4.77. The fraction of sp³-hybridized carbons (Fsp3) is 0.632. The monoisotopic (exact) mass is 338 g/mol. The molecule has 1 heterocycles. The summed E-state index contributed by atoms with van der Waals surface area (Å²) in [6.07, 6.45) is 3.10. The Hall–Kier alpha value is -1.06. The van der Waals surface area contributed by atoms with Gasteiger partial charge in [-0.3, -0.25) is 4.79 Å². The Bertz CT molecular complexity index is 492. The van der Waals surface area contributed by atoms with Crippen molar-refractivity contribution in [3.8, 4) is 0 Å². The van der Waals surface area contributed by atoms with Gasteiger partial charge in [0, 0.05) is 6.42 Å². The predicted molar refractivity (Wildman–Crippen MR) is 99.1 cm³/mol. The number of halogens is 1. The second-order valence-corrected chi connectivity index (χ2v) is 7.00. The molecule has 3 nitrogen and oxygen atoms in total. The van der Waals surface area contributed by atoms with Crippen molar-refractivity contribution < 1.29 is 4.79 Å². The van der Waals surface area contributed by atoms with Gasteiger partial charge in [0.15, 0.2) is 0 Å². The molecule has 0 aromatic heterocycles. The molecule has 0 aliphatic carbocycles. The van der Waals surface area contributed by atoms with E-state index in [2.05, 4.69) is 56.5 Å². The van der Waals surface area contributed by atoms with Crippen molar-refractivity contribution in [1.29, 1.82) is 0 Å². The maximum atomic E-state index is 12.3. The SMILES string of the molecule is Cc1cc(C)cc(C(C)NC(=O)CC(C)C2CCCNC2)c1.Cl. The molecule has 4 heteroatoms. The Morgan fingerprint density at radius 2 is 1.91 bits per heavy atom. The van der Waals surface area contributed by atoms with Crippen LogP contribution in [0.2, 0.25) is 0 Å². The molecule has 1 aromatic carbocycles. The lowest BCUT2D eigenvalue weighted by molar-refractivity contribution is -0.123. The number of benzene rings is 1. The van der Waals surface area contributed by atoms with Gasteiger partial charge in [-0.15, -0.1) is 12.4 Å². The first-order valence-corrected chi connectivity index (χ1v) is 8.54. The van der Waals surface area contributed by atoms with Crippen LogP contribution >= 0.6 is 12.4 Å². The second kappa shape index (κ2) is 9.29. The normalized spacial score (nSPS) is 20.3. The van der Waals surface area contributed by atoms with Crippen molar-refractivity contribution in [3.63, 3.8) is 0 Å². The van der Waals surface area contributed by atoms with Crippen LogP contribution < -0.4 is 10.6 Å². The van der Waals surface area contributed by atoms with Crippen molar-refractivity contribution >= 4 is 18.3 Å².